The van der Waals surface area contributed by atoms with Crippen molar-refractivity contribution in [2.45, 2.75) is 63.5 Å². The minimum absolute atomic E-state index is 0.0194. The second-order valence-electron chi connectivity index (χ2n) is 14.6. The Hall–Kier alpha value is -5.07. The molecule has 0 saturated carbocycles. The number of benzene rings is 2. The highest BCUT2D eigenvalue weighted by atomic mass is 32.2. The van der Waals surface area contributed by atoms with Gasteiger partial charge in [0.05, 0.1) is 10.6 Å². The number of aromatic nitrogens is 3. The molecule has 0 bridgehead atoms. The van der Waals surface area contributed by atoms with Gasteiger partial charge in [-0.2, -0.15) is 0 Å². The Balaban J connectivity index is 1.30. The largest absolute Gasteiger partial charge is 0.443 e. The van der Waals surface area contributed by atoms with Crippen LogP contribution >= 0.6 is 0 Å². The van der Waals surface area contributed by atoms with Crippen LogP contribution in [0.4, 0.5) is 10.6 Å². The van der Waals surface area contributed by atoms with E-state index in [-0.39, 0.29) is 10.8 Å². The summed E-state index contributed by atoms with van der Waals surface area (Å²) in [6.45, 7) is 9.33. The monoisotopic (exact) mass is 722 g/mol. The van der Waals surface area contributed by atoms with Crippen LogP contribution in [0.5, 0.6) is 0 Å². The molecule has 6 rings (SSSR count). The van der Waals surface area contributed by atoms with E-state index in [0.29, 0.717) is 40.6 Å². The van der Waals surface area contributed by atoms with E-state index in [1.54, 1.807) is 68.8 Å². The Labute approximate surface area is 305 Å². The number of carbonyl (C=O) groups excluding carboxylic acids is 2. The number of likely N-dealkylation sites (tertiary alicyclic amines) is 1. The van der Waals surface area contributed by atoms with Crippen LogP contribution in [-0.4, -0.2) is 84.0 Å². The molecule has 1 aliphatic rings. The molecule has 12 heteroatoms. The van der Waals surface area contributed by atoms with Crippen molar-refractivity contribution < 1.29 is 22.7 Å². The first-order valence-electron chi connectivity index (χ1n) is 17.4. The van der Waals surface area contributed by atoms with Crippen molar-refractivity contribution in [3.63, 3.8) is 0 Å². The number of ether oxygens (including phenoxy) is 1. The summed E-state index contributed by atoms with van der Waals surface area (Å²) < 4.78 is 35.6. The lowest BCUT2D eigenvalue weighted by molar-refractivity contribution is 0.0588. The van der Waals surface area contributed by atoms with Gasteiger partial charge in [0.2, 0.25) is 0 Å². The van der Waals surface area contributed by atoms with Gasteiger partial charge >= 0.3 is 6.09 Å². The molecule has 4 heterocycles. The van der Waals surface area contributed by atoms with Gasteiger partial charge in [0.25, 0.3) is 15.9 Å². The van der Waals surface area contributed by atoms with Crippen LogP contribution in [0.3, 0.4) is 0 Å². The van der Waals surface area contributed by atoms with Crippen LogP contribution in [0.1, 0.15) is 66.7 Å². The molecule has 0 aliphatic carbocycles. The fraction of sp³-hybridized carbons (Fsp3) is 0.350. The molecule has 2 aromatic carbocycles. The number of hydrogen-bond donors (Lipinski definition) is 0. The molecule has 1 aliphatic heterocycles. The van der Waals surface area contributed by atoms with Crippen LogP contribution in [0.15, 0.2) is 90.1 Å². The number of amides is 2. The Morgan fingerprint density at radius 1 is 0.904 bits per heavy atom. The number of carbonyl (C=O) groups is 2. The first-order chi connectivity index (χ1) is 24.6. The van der Waals surface area contributed by atoms with E-state index in [0.717, 1.165) is 42.6 Å². The zero-order valence-corrected chi connectivity index (χ0v) is 31.6. The molecular weight excluding hydrogens is 677 g/mol. The van der Waals surface area contributed by atoms with Gasteiger partial charge in [-0.05, 0) is 119 Å². The molecule has 1 fully saturated rings. The smallest absolute Gasteiger partial charge is 0.415 e. The van der Waals surface area contributed by atoms with E-state index in [2.05, 4.69) is 14.9 Å². The molecule has 0 unspecified atom stereocenters. The Kier molecular flexibility index (Phi) is 10.2. The van der Waals surface area contributed by atoms with Crippen molar-refractivity contribution in [2.75, 3.05) is 39.1 Å². The van der Waals surface area contributed by atoms with E-state index in [9.17, 15) is 18.0 Å². The zero-order chi connectivity index (χ0) is 37.4. The highest BCUT2D eigenvalue weighted by Gasteiger charge is 2.29. The summed E-state index contributed by atoms with van der Waals surface area (Å²) in [6, 6.07) is 22.1. The molecule has 0 atom stereocenters. The summed E-state index contributed by atoms with van der Waals surface area (Å²) in [5.41, 5.74) is 4.68. The van der Waals surface area contributed by atoms with E-state index in [1.165, 1.54) is 14.4 Å². The summed E-state index contributed by atoms with van der Waals surface area (Å²) in [5, 5.41) is 0.686. The Bertz CT molecular complexity index is 2180. The maximum Gasteiger partial charge on any atom is 0.415 e. The first kappa shape index (κ1) is 36.7. The van der Waals surface area contributed by atoms with Crippen molar-refractivity contribution in [3.8, 4) is 11.1 Å². The number of anilines is 1. The minimum Gasteiger partial charge on any atom is -0.443 e. The van der Waals surface area contributed by atoms with Gasteiger partial charge in [0, 0.05) is 56.6 Å². The SMILES string of the molecule is Cc1ccc(S(=O)(=O)n2c(CN3CCC(c4ccc(C(=O)N(C)C)cc4)CC3)cc3c(-c4ccc(N(C)C(=O)OC(C)(C)C)nc4)ccnc32)cc1. The van der Waals surface area contributed by atoms with Crippen LogP contribution in [-0.2, 0) is 21.3 Å². The third-order valence-corrected chi connectivity index (χ3v) is 11.1. The third-order valence-electron chi connectivity index (χ3n) is 9.37. The number of pyridine rings is 2. The molecule has 2 amide bonds. The van der Waals surface area contributed by atoms with Crippen molar-refractivity contribution >= 4 is 38.9 Å². The maximum absolute atomic E-state index is 14.4. The lowest BCUT2D eigenvalue weighted by Gasteiger charge is -2.32. The topological polar surface area (TPSA) is 118 Å². The number of fused-ring (bicyclic) bond motifs is 1. The van der Waals surface area contributed by atoms with Gasteiger partial charge in [-0.25, -0.2) is 27.2 Å². The number of rotatable bonds is 8. The summed E-state index contributed by atoms with van der Waals surface area (Å²) in [7, 11) is 1.09. The first-order valence-corrected chi connectivity index (χ1v) is 18.8. The number of hydrogen-bond acceptors (Lipinski definition) is 8. The fourth-order valence-electron chi connectivity index (χ4n) is 6.55. The van der Waals surface area contributed by atoms with Gasteiger partial charge in [-0.3, -0.25) is 14.6 Å². The molecule has 5 aromatic rings. The summed E-state index contributed by atoms with van der Waals surface area (Å²) in [6.07, 6.45) is 4.59. The summed E-state index contributed by atoms with van der Waals surface area (Å²) in [4.78, 5) is 39.6. The third kappa shape index (κ3) is 7.73. The van der Waals surface area contributed by atoms with Gasteiger partial charge < -0.3 is 9.64 Å². The fourth-order valence-corrected chi connectivity index (χ4v) is 8.03. The van der Waals surface area contributed by atoms with Gasteiger partial charge in [0.1, 0.15) is 11.4 Å². The highest BCUT2D eigenvalue weighted by Crippen LogP contribution is 2.35. The molecule has 0 radical (unpaired) electrons. The molecule has 0 spiro atoms. The lowest BCUT2D eigenvalue weighted by Crippen LogP contribution is -2.34. The molecule has 1 saturated heterocycles. The van der Waals surface area contributed by atoms with Gasteiger partial charge in [-0.15, -0.1) is 0 Å². The lowest BCUT2D eigenvalue weighted by atomic mass is 9.89. The van der Waals surface area contributed by atoms with Gasteiger partial charge in [0.15, 0.2) is 5.65 Å². The predicted octanol–water partition coefficient (Wildman–Crippen LogP) is 7.10. The quantitative estimate of drug-likeness (QED) is 0.167. The average molecular weight is 723 g/mol. The second-order valence-corrected chi connectivity index (χ2v) is 16.4. The van der Waals surface area contributed by atoms with Gasteiger partial charge in [-0.1, -0.05) is 29.8 Å². The van der Waals surface area contributed by atoms with E-state index in [4.69, 9.17) is 4.74 Å². The predicted molar refractivity (Wildman–Crippen MR) is 203 cm³/mol. The zero-order valence-electron chi connectivity index (χ0n) is 30.8. The molecule has 3 aromatic heterocycles. The molecule has 52 heavy (non-hydrogen) atoms. The van der Waals surface area contributed by atoms with Crippen LogP contribution in [0, 0.1) is 6.92 Å². The normalized spacial score (nSPS) is 14.4. The van der Waals surface area contributed by atoms with Crippen LogP contribution < -0.4 is 4.90 Å². The van der Waals surface area contributed by atoms with Crippen LogP contribution in [0.2, 0.25) is 0 Å². The number of aryl methyl sites for hydroxylation is 1. The highest BCUT2D eigenvalue weighted by molar-refractivity contribution is 7.90. The summed E-state index contributed by atoms with van der Waals surface area (Å²) in [5.74, 6) is 0.749. The average Bonchev–Trinajstić information content (AvgIpc) is 3.50. The van der Waals surface area contributed by atoms with E-state index < -0.39 is 21.7 Å². The molecular formula is C40H46N6O5S. The Morgan fingerprint density at radius 3 is 2.17 bits per heavy atom. The molecule has 272 valence electrons. The van der Waals surface area contributed by atoms with Crippen molar-refractivity contribution in [1.29, 1.82) is 0 Å². The van der Waals surface area contributed by atoms with E-state index >= 15 is 0 Å². The van der Waals surface area contributed by atoms with Crippen molar-refractivity contribution in [2.24, 2.45) is 0 Å². The van der Waals surface area contributed by atoms with Crippen LogP contribution in [0.25, 0.3) is 22.2 Å². The van der Waals surface area contributed by atoms with Crippen molar-refractivity contribution in [1.82, 2.24) is 23.7 Å². The Morgan fingerprint density at radius 2 is 1.58 bits per heavy atom. The molecule has 11 nitrogen and oxygen atoms in total. The van der Waals surface area contributed by atoms with Crippen molar-refractivity contribution in [3.05, 3.63) is 108 Å². The minimum atomic E-state index is -4.01. The standard InChI is InChI=1S/C40H46N6O5S/c1-27-8-15-33(16-9-27)52(49,50)46-32(26-45-22-19-29(20-23-45)28-10-12-30(13-11-28)38(47)43(5)6)24-35-34(18-21-41-37(35)46)31-14-17-36(42-25-31)44(7)39(48)51-40(2,3)4/h8-18,21,24-25,29H,19-20,22-23,26H2,1-7H3. The maximum atomic E-state index is 14.4. The van der Waals surface area contributed by atoms with E-state index in [1.807, 2.05) is 70.2 Å². The summed E-state index contributed by atoms with van der Waals surface area (Å²) >= 11 is 0. The number of nitrogens with zero attached hydrogens (tertiary/aromatic N) is 6. The molecule has 0 N–H and O–H groups in total. The number of piperidine rings is 1. The second kappa shape index (κ2) is 14.5.